The molecule has 5 nitrogen and oxygen atoms in total. The molecule has 0 aliphatic rings. The number of rotatable bonds is 5. The summed E-state index contributed by atoms with van der Waals surface area (Å²) in [6.45, 7) is 5.72. The standard InChI is InChI=1S/C15H22N2O3/c1-5-9(2)13(16)14(18)17-11-6-7-12(10(3)8-11)15(19)20-4/h6-9,13H,5,16H2,1-4H3,(H,17,18). The van der Waals surface area contributed by atoms with E-state index in [0.717, 1.165) is 12.0 Å². The van der Waals surface area contributed by atoms with Gasteiger partial charge in [-0.3, -0.25) is 4.79 Å². The van der Waals surface area contributed by atoms with Gasteiger partial charge >= 0.3 is 5.97 Å². The van der Waals surface area contributed by atoms with E-state index in [9.17, 15) is 9.59 Å². The fourth-order valence-electron chi connectivity index (χ4n) is 1.82. The lowest BCUT2D eigenvalue weighted by Gasteiger charge is -2.18. The van der Waals surface area contributed by atoms with Crippen LogP contribution in [0.4, 0.5) is 5.69 Å². The maximum absolute atomic E-state index is 12.0. The molecule has 1 amide bonds. The average Bonchev–Trinajstić information content (AvgIpc) is 2.44. The molecule has 0 heterocycles. The quantitative estimate of drug-likeness (QED) is 0.808. The van der Waals surface area contributed by atoms with Crippen LogP contribution in [0.3, 0.4) is 0 Å². The van der Waals surface area contributed by atoms with E-state index < -0.39 is 12.0 Å². The number of carbonyl (C=O) groups is 2. The molecule has 2 unspecified atom stereocenters. The zero-order valence-corrected chi connectivity index (χ0v) is 12.4. The number of amides is 1. The second kappa shape index (κ2) is 7.05. The highest BCUT2D eigenvalue weighted by atomic mass is 16.5. The van der Waals surface area contributed by atoms with Crippen molar-refractivity contribution < 1.29 is 14.3 Å². The van der Waals surface area contributed by atoms with Gasteiger partial charge in [-0.15, -0.1) is 0 Å². The molecule has 0 radical (unpaired) electrons. The number of aryl methyl sites for hydroxylation is 1. The normalized spacial score (nSPS) is 13.4. The molecule has 2 atom stereocenters. The van der Waals surface area contributed by atoms with Crippen molar-refractivity contribution in [3.8, 4) is 0 Å². The fourth-order valence-corrected chi connectivity index (χ4v) is 1.82. The van der Waals surface area contributed by atoms with E-state index >= 15 is 0 Å². The van der Waals surface area contributed by atoms with Crippen molar-refractivity contribution >= 4 is 17.6 Å². The minimum atomic E-state index is -0.541. The number of anilines is 1. The van der Waals surface area contributed by atoms with Crippen molar-refractivity contribution in [1.82, 2.24) is 0 Å². The van der Waals surface area contributed by atoms with Crippen molar-refractivity contribution in [2.24, 2.45) is 11.7 Å². The highest BCUT2D eigenvalue weighted by Gasteiger charge is 2.19. The Morgan fingerprint density at radius 3 is 2.55 bits per heavy atom. The van der Waals surface area contributed by atoms with Gasteiger partial charge in [0.25, 0.3) is 0 Å². The molecule has 20 heavy (non-hydrogen) atoms. The molecule has 3 N–H and O–H groups in total. The van der Waals surface area contributed by atoms with Crippen LogP contribution in [0.2, 0.25) is 0 Å². The van der Waals surface area contributed by atoms with E-state index in [2.05, 4.69) is 10.1 Å². The molecule has 0 spiro atoms. The van der Waals surface area contributed by atoms with Crippen LogP contribution in [0.1, 0.15) is 36.2 Å². The average molecular weight is 278 g/mol. The summed E-state index contributed by atoms with van der Waals surface area (Å²) in [6, 6.07) is 4.49. The van der Waals surface area contributed by atoms with Crippen LogP contribution >= 0.6 is 0 Å². The predicted molar refractivity (Wildman–Crippen MR) is 78.6 cm³/mol. The summed E-state index contributed by atoms with van der Waals surface area (Å²) in [7, 11) is 1.34. The van der Waals surface area contributed by atoms with E-state index in [-0.39, 0.29) is 11.8 Å². The number of benzene rings is 1. The summed E-state index contributed by atoms with van der Waals surface area (Å²) >= 11 is 0. The summed E-state index contributed by atoms with van der Waals surface area (Å²) in [5.74, 6) is -0.494. The second-order valence-electron chi connectivity index (χ2n) is 4.92. The van der Waals surface area contributed by atoms with E-state index in [0.29, 0.717) is 11.3 Å². The van der Waals surface area contributed by atoms with Gasteiger partial charge in [0, 0.05) is 5.69 Å². The molecule has 5 heteroatoms. The molecule has 0 aliphatic carbocycles. The van der Waals surface area contributed by atoms with Gasteiger partial charge in [0.05, 0.1) is 18.7 Å². The molecule has 0 aromatic heterocycles. The van der Waals surface area contributed by atoms with Gasteiger partial charge in [-0.2, -0.15) is 0 Å². The first-order valence-corrected chi connectivity index (χ1v) is 6.66. The first kappa shape index (κ1) is 16.2. The third kappa shape index (κ3) is 3.81. The smallest absolute Gasteiger partial charge is 0.338 e. The summed E-state index contributed by atoms with van der Waals surface area (Å²) in [6.07, 6.45) is 0.842. The Hall–Kier alpha value is -1.88. The largest absolute Gasteiger partial charge is 0.465 e. The Balaban J connectivity index is 2.82. The zero-order valence-electron chi connectivity index (χ0n) is 12.4. The number of ether oxygens (including phenoxy) is 1. The molecule has 0 bridgehead atoms. The van der Waals surface area contributed by atoms with E-state index in [1.165, 1.54) is 7.11 Å². The van der Waals surface area contributed by atoms with Crippen molar-refractivity contribution in [1.29, 1.82) is 0 Å². The van der Waals surface area contributed by atoms with Gasteiger partial charge in [0.15, 0.2) is 0 Å². The number of nitrogens with one attached hydrogen (secondary N) is 1. The lowest BCUT2D eigenvalue weighted by molar-refractivity contribution is -0.118. The monoisotopic (exact) mass is 278 g/mol. The first-order chi connectivity index (χ1) is 9.40. The van der Waals surface area contributed by atoms with Gasteiger partial charge in [-0.25, -0.2) is 4.79 Å². The van der Waals surface area contributed by atoms with Crippen LogP contribution in [0.25, 0.3) is 0 Å². The Bertz CT molecular complexity index is 500. The molecule has 1 aromatic carbocycles. The molecule has 0 fully saturated rings. The Labute approximate surface area is 119 Å². The van der Waals surface area contributed by atoms with E-state index in [1.807, 2.05) is 13.8 Å². The van der Waals surface area contributed by atoms with E-state index in [1.54, 1.807) is 25.1 Å². The predicted octanol–water partition coefficient (Wildman–Crippen LogP) is 2.09. The number of esters is 1. The number of carbonyl (C=O) groups excluding carboxylic acids is 2. The SMILES string of the molecule is CCC(C)C(N)C(=O)Nc1ccc(C(=O)OC)c(C)c1. The van der Waals surface area contributed by atoms with Gasteiger partial charge in [-0.05, 0) is 36.6 Å². The molecular formula is C15H22N2O3. The lowest BCUT2D eigenvalue weighted by Crippen LogP contribution is -2.40. The molecule has 1 aromatic rings. The molecule has 0 aliphatic heterocycles. The third-order valence-electron chi connectivity index (χ3n) is 3.46. The van der Waals surface area contributed by atoms with Crippen molar-refractivity contribution in [3.63, 3.8) is 0 Å². The Kier molecular flexibility index (Phi) is 5.70. The zero-order chi connectivity index (χ0) is 15.3. The number of hydrogen-bond donors (Lipinski definition) is 2. The second-order valence-corrected chi connectivity index (χ2v) is 4.92. The van der Waals surface area contributed by atoms with Crippen molar-refractivity contribution in [2.45, 2.75) is 33.2 Å². The Morgan fingerprint density at radius 2 is 2.05 bits per heavy atom. The summed E-state index contributed by atoms with van der Waals surface area (Å²) in [4.78, 5) is 23.4. The summed E-state index contributed by atoms with van der Waals surface area (Å²) in [5.41, 5.74) is 7.72. The minimum Gasteiger partial charge on any atom is -0.465 e. The van der Waals surface area contributed by atoms with Gasteiger partial charge in [-0.1, -0.05) is 20.3 Å². The van der Waals surface area contributed by atoms with Gasteiger partial charge in [0.2, 0.25) is 5.91 Å². The van der Waals surface area contributed by atoms with E-state index in [4.69, 9.17) is 5.73 Å². The lowest BCUT2D eigenvalue weighted by atomic mass is 9.99. The Morgan fingerprint density at radius 1 is 1.40 bits per heavy atom. The summed E-state index contributed by atoms with van der Waals surface area (Å²) in [5, 5.41) is 2.77. The number of nitrogens with two attached hydrogens (primary N) is 1. The summed E-state index contributed by atoms with van der Waals surface area (Å²) < 4.78 is 4.68. The molecule has 0 saturated heterocycles. The van der Waals surface area contributed by atoms with Crippen LogP contribution < -0.4 is 11.1 Å². The third-order valence-corrected chi connectivity index (χ3v) is 3.46. The van der Waals surface area contributed by atoms with Crippen LogP contribution in [0, 0.1) is 12.8 Å². The molecule has 110 valence electrons. The van der Waals surface area contributed by atoms with Crippen molar-refractivity contribution in [2.75, 3.05) is 12.4 Å². The molecular weight excluding hydrogens is 256 g/mol. The highest BCUT2D eigenvalue weighted by Crippen LogP contribution is 2.17. The van der Waals surface area contributed by atoms with Crippen LogP contribution in [-0.4, -0.2) is 25.0 Å². The topological polar surface area (TPSA) is 81.4 Å². The minimum absolute atomic E-state index is 0.116. The number of hydrogen-bond acceptors (Lipinski definition) is 4. The molecule has 1 rings (SSSR count). The van der Waals surface area contributed by atoms with Gasteiger partial charge < -0.3 is 15.8 Å². The van der Waals surface area contributed by atoms with Gasteiger partial charge in [0.1, 0.15) is 0 Å². The van der Waals surface area contributed by atoms with Crippen LogP contribution in [-0.2, 0) is 9.53 Å². The van der Waals surface area contributed by atoms with Crippen molar-refractivity contribution in [3.05, 3.63) is 29.3 Å². The number of methoxy groups -OCH3 is 1. The first-order valence-electron chi connectivity index (χ1n) is 6.66. The maximum atomic E-state index is 12.0. The van der Waals surface area contributed by atoms with Crippen LogP contribution in [0.5, 0.6) is 0 Å². The molecule has 0 saturated carbocycles. The fraction of sp³-hybridized carbons (Fsp3) is 0.467. The maximum Gasteiger partial charge on any atom is 0.338 e. The van der Waals surface area contributed by atoms with Crippen LogP contribution in [0.15, 0.2) is 18.2 Å². The highest BCUT2D eigenvalue weighted by molar-refractivity contribution is 5.96.